The third kappa shape index (κ3) is 2.01. The van der Waals surface area contributed by atoms with Crippen LogP contribution in [0.3, 0.4) is 0 Å². The van der Waals surface area contributed by atoms with Crippen LogP contribution in [0.25, 0.3) is 0 Å². The van der Waals surface area contributed by atoms with Gasteiger partial charge >= 0.3 is 5.97 Å². The predicted molar refractivity (Wildman–Crippen MR) is 66.0 cm³/mol. The highest BCUT2D eigenvalue weighted by molar-refractivity contribution is 5.95. The molecule has 19 heavy (non-hydrogen) atoms. The molecule has 1 aromatic heterocycles. The van der Waals surface area contributed by atoms with E-state index < -0.39 is 11.8 Å². The zero-order chi connectivity index (χ0) is 13.4. The van der Waals surface area contributed by atoms with Gasteiger partial charge < -0.3 is 9.30 Å². The average Bonchev–Trinajstić information content (AvgIpc) is 2.94. The minimum Gasteiger partial charge on any atom is -0.457 e. The van der Waals surface area contributed by atoms with Gasteiger partial charge in [-0.15, -0.1) is 0 Å². The SMILES string of the molecule is Cn1ccnc1C=Nc1cc(F)cc2c1COC2=O. The van der Waals surface area contributed by atoms with Crippen molar-refractivity contribution in [2.24, 2.45) is 12.0 Å². The van der Waals surface area contributed by atoms with Gasteiger partial charge in [-0.25, -0.2) is 14.2 Å². The summed E-state index contributed by atoms with van der Waals surface area (Å²) in [5.41, 5.74) is 1.24. The van der Waals surface area contributed by atoms with Crippen molar-refractivity contribution in [2.45, 2.75) is 6.61 Å². The van der Waals surface area contributed by atoms with Crippen LogP contribution < -0.4 is 0 Å². The maximum atomic E-state index is 13.4. The second kappa shape index (κ2) is 4.31. The van der Waals surface area contributed by atoms with Gasteiger partial charge in [-0.1, -0.05) is 0 Å². The fourth-order valence-corrected chi connectivity index (χ4v) is 1.92. The molecule has 0 saturated carbocycles. The molecule has 0 saturated heterocycles. The fourth-order valence-electron chi connectivity index (χ4n) is 1.92. The van der Waals surface area contributed by atoms with E-state index in [4.69, 9.17) is 4.74 Å². The Hall–Kier alpha value is -2.50. The summed E-state index contributed by atoms with van der Waals surface area (Å²) in [6.45, 7) is 0.127. The molecule has 3 rings (SSSR count). The summed E-state index contributed by atoms with van der Waals surface area (Å²) < 4.78 is 20.1. The predicted octanol–water partition coefficient (Wildman–Crippen LogP) is 1.98. The van der Waals surface area contributed by atoms with Gasteiger partial charge in [0.2, 0.25) is 0 Å². The van der Waals surface area contributed by atoms with E-state index >= 15 is 0 Å². The van der Waals surface area contributed by atoms with Crippen molar-refractivity contribution in [1.82, 2.24) is 9.55 Å². The lowest BCUT2D eigenvalue weighted by Gasteiger charge is -2.01. The summed E-state index contributed by atoms with van der Waals surface area (Å²) in [4.78, 5) is 19.7. The minimum absolute atomic E-state index is 0.127. The van der Waals surface area contributed by atoms with Crippen molar-refractivity contribution in [1.29, 1.82) is 0 Å². The van der Waals surface area contributed by atoms with Crippen molar-refractivity contribution in [3.8, 4) is 0 Å². The topological polar surface area (TPSA) is 56.5 Å². The summed E-state index contributed by atoms with van der Waals surface area (Å²) in [6.07, 6.45) is 4.95. The van der Waals surface area contributed by atoms with Crippen LogP contribution in [-0.2, 0) is 18.4 Å². The van der Waals surface area contributed by atoms with Crippen molar-refractivity contribution < 1.29 is 13.9 Å². The van der Waals surface area contributed by atoms with Crippen LogP contribution in [-0.4, -0.2) is 21.7 Å². The maximum absolute atomic E-state index is 13.4. The third-order valence-corrected chi connectivity index (χ3v) is 2.94. The van der Waals surface area contributed by atoms with Gasteiger partial charge in [0.25, 0.3) is 0 Å². The van der Waals surface area contributed by atoms with E-state index in [9.17, 15) is 9.18 Å². The van der Waals surface area contributed by atoms with Crippen LogP contribution in [0, 0.1) is 5.82 Å². The number of hydrogen-bond acceptors (Lipinski definition) is 4. The number of imidazole rings is 1. The van der Waals surface area contributed by atoms with Gasteiger partial charge in [0.1, 0.15) is 12.4 Å². The number of hydrogen-bond donors (Lipinski definition) is 0. The molecule has 5 nitrogen and oxygen atoms in total. The van der Waals surface area contributed by atoms with Gasteiger partial charge in [-0.3, -0.25) is 4.99 Å². The van der Waals surface area contributed by atoms with Crippen LogP contribution in [0.15, 0.2) is 29.5 Å². The number of cyclic esters (lactones) is 1. The van der Waals surface area contributed by atoms with Crippen LogP contribution in [0.5, 0.6) is 0 Å². The van der Waals surface area contributed by atoms with E-state index in [1.54, 1.807) is 17.0 Å². The highest BCUT2D eigenvalue weighted by atomic mass is 19.1. The molecule has 0 atom stereocenters. The number of fused-ring (bicyclic) bond motifs is 1. The Morgan fingerprint density at radius 2 is 2.37 bits per heavy atom. The lowest BCUT2D eigenvalue weighted by Crippen LogP contribution is -1.96. The summed E-state index contributed by atoms with van der Waals surface area (Å²) in [5.74, 6) is -0.379. The average molecular weight is 259 g/mol. The molecular formula is C13H10FN3O2. The van der Waals surface area contributed by atoms with E-state index in [1.165, 1.54) is 18.3 Å². The lowest BCUT2D eigenvalue weighted by atomic mass is 10.1. The molecule has 0 spiro atoms. The number of aryl methyl sites for hydroxylation is 1. The van der Waals surface area contributed by atoms with Crippen LogP contribution in [0.1, 0.15) is 21.7 Å². The Morgan fingerprint density at radius 3 is 3.11 bits per heavy atom. The quantitative estimate of drug-likeness (QED) is 0.612. The lowest BCUT2D eigenvalue weighted by molar-refractivity contribution is 0.0535. The molecule has 2 aromatic rings. The number of aromatic nitrogens is 2. The Bertz CT molecular complexity index is 691. The van der Waals surface area contributed by atoms with Crippen molar-refractivity contribution in [2.75, 3.05) is 0 Å². The van der Waals surface area contributed by atoms with Crippen LogP contribution in [0.2, 0.25) is 0 Å². The largest absolute Gasteiger partial charge is 0.457 e. The Morgan fingerprint density at radius 1 is 1.53 bits per heavy atom. The molecule has 0 amide bonds. The number of benzene rings is 1. The number of esters is 1. The van der Waals surface area contributed by atoms with E-state index in [-0.39, 0.29) is 12.2 Å². The normalized spacial score (nSPS) is 13.9. The Labute approximate surface area is 108 Å². The molecule has 0 radical (unpaired) electrons. The second-order valence-corrected chi connectivity index (χ2v) is 4.18. The molecule has 1 aliphatic rings. The number of halogens is 1. The molecule has 0 unspecified atom stereocenters. The summed E-state index contributed by atoms with van der Waals surface area (Å²) in [6, 6.07) is 2.45. The number of aliphatic imine (C=N–C) groups is 1. The summed E-state index contributed by atoms with van der Waals surface area (Å²) in [7, 11) is 1.83. The van der Waals surface area contributed by atoms with Crippen LogP contribution >= 0.6 is 0 Å². The molecule has 0 fully saturated rings. The van der Waals surface area contributed by atoms with E-state index in [1.807, 2.05) is 7.05 Å². The smallest absolute Gasteiger partial charge is 0.339 e. The first kappa shape index (κ1) is 11.6. The highest BCUT2D eigenvalue weighted by Crippen LogP contribution is 2.30. The molecule has 2 heterocycles. The number of carbonyl (C=O) groups is 1. The van der Waals surface area contributed by atoms with Crippen molar-refractivity contribution in [3.05, 3.63) is 47.3 Å². The molecule has 96 valence electrons. The standard InChI is InChI=1S/C13H10FN3O2/c1-17-3-2-15-12(17)6-16-11-5-8(14)4-9-10(11)7-19-13(9)18/h2-6H,7H2,1H3. The van der Waals surface area contributed by atoms with Gasteiger partial charge in [0.15, 0.2) is 5.82 Å². The van der Waals surface area contributed by atoms with E-state index in [0.29, 0.717) is 17.1 Å². The zero-order valence-electron chi connectivity index (χ0n) is 10.1. The summed E-state index contributed by atoms with van der Waals surface area (Å²) in [5, 5.41) is 0. The Balaban J connectivity index is 2.03. The van der Waals surface area contributed by atoms with Crippen molar-refractivity contribution >= 4 is 17.9 Å². The highest BCUT2D eigenvalue weighted by Gasteiger charge is 2.24. The van der Waals surface area contributed by atoms with Crippen LogP contribution in [0.4, 0.5) is 10.1 Å². The molecular weight excluding hydrogens is 249 g/mol. The van der Waals surface area contributed by atoms with Gasteiger partial charge in [0, 0.05) is 25.0 Å². The molecule has 1 aliphatic heterocycles. The van der Waals surface area contributed by atoms with E-state index in [0.717, 1.165) is 0 Å². The van der Waals surface area contributed by atoms with Gasteiger partial charge in [-0.2, -0.15) is 0 Å². The molecule has 0 aliphatic carbocycles. The van der Waals surface area contributed by atoms with Gasteiger partial charge in [0.05, 0.1) is 17.5 Å². The number of carbonyl (C=O) groups excluding carboxylic acids is 1. The zero-order valence-corrected chi connectivity index (χ0v) is 10.1. The monoisotopic (exact) mass is 259 g/mol. The Kier molecular flexibility index (Phi) is 2.63. The first-order valence-electron chi connectivity index (χ1n) is 5.66. The number of nitrogens with zero attached hydrogens (tertiary/aromatic N) is 3. The number of rotatable bonds is 2. The molecule has 0 bridgehead atoms. The van der Waals surface area contributed by atoms with Gasteiger partial charge in [-0.05, 0) is 12.1 Å². The second-order valence-electron chi connectivity index (χ2n) is 4.18. The molecule has 6 heteroatoms. The third-order valence-electron chi connectivity index (χ3n) is 2.94. The maximum Gasteiger partial charge on any atom is 0.339 e. The van der Waals surface area contributed by atoms with Crippen molar-refractivity contribution in [3.63, 3.8) is 0 Å². The molecule has 1 aromatic carbocycles. The fraction of sp³-hybridized carbons (Fsp3) is 0.154. The van der Waals surface area contributed by atoms with E-state index in [2.05, 4.69) is 9.98 Å². The molecule has 0 N–H and O–H groups in total. The number of ether oxygens (including phenoxy) is 1. The summed E-state index contributed by atoms with van der Waals surface area (Å²) >= 11 is 0. The first-order chi connectivity index (χ1) is 9.15. The minimum atomic E-state index is -0.511. The first-order valence-corrected chi connectivity index (χ1v) is 5.66.